The first kappa shape index (κ1) is 16.3. The first-order valence-electron chi connectivity index (χ1n) is 6.74. The van der Waals surface area contributed by atoms with Crippen molar-refractivity contribution in [2.75, 3.05) is 19.6 Å². The van der Waals surface area contributed by atoms with Gasteiger partial charge in [-0.3, -0.25) is 0 Å². The molecule has 1 atom stereocenters. The van der Waals surface area contributed by atoms with Crippen LogP contribution >= 0.6 is 0 Å². The average molecular weight is 279 g/mol. The molecule has 0 bridgehead atoms. The number of fused-ring (bicyclic) bond motifs is 1. The van der Waals surface area contributed by atoms with Gasteiger partial charge in [-0.25, -0.2) is 4.79 Å². The van der Waals surface area contributed by atoms with Crippen LogP contribution in [0.15, 0.2) is 24.3 Å². The van der Waals surface area contributed by atoms with E-state index >= 15 is 0 Å². The van der Waals surface area contributed by atoms with E-state index in [0.717, 1.165) is 38.1 Å². The van der Waals surface area contributed by atoms with E-state index in [1.807, 2.05) is 18.2 Å². The number of benzene rings is 1. The maximum Gasteiger partial charge on any atom is 0.312 e. The van der Waals surface area contributed by atoms with Gasteiger partial charge in [-0.05, 0) is 37.4 Å². The van der Waals surface area contributed by atoms with Crippen molar-refractivity contribution in [2.24, 2.45) is 5.73 Å². The van der Waals surface area contributed by atoms with Crippen molar-refractivity contribution in [1.29, 1.82) is 0 Å². The first-order chi connectivity index (χ1) is 9.25. The normalized spacial score (nSPS) is 16.5. The maximum absolute atomic E-state index is 10.5. The van der Waals surface area contributed by atoms with Crippen molar-refractivity contribution >= 4 is 6.03 Å². The van der Waals surface area contributed by atoms with Crippen molar-refractivity contribution in [2.45, 2.75) is 32.8 Å². The molecule has 1 aliphatic heterocycles. The minimum absolute atomic E-state index is 0. The fraction of sp³-hybridized carbons (Fsp3) is 0.533. The average Bonchev–Trinajstić information content (AvgIpc) is 2.42. The lowest BCUT2D eigenvalue weighted by atomic mass is 10.0. The van der Waals surface area contributed by atoms with Crippen molar-refractivity contribution in [3.63, 3.8) is 0 Å². The Morgan fingerprint density at radius 3 is 2.95 bits per heavy atom. The first-order valence-corrected chi connectivity index (χ1v) is 6.74. The molecule has 0 spiro atoms. The molecule has 0 saturated heterocycles. The largest absolute Gasteiger partial charge is 0.489 e. The maximum atomic E-state index is 10.5. The minimum atomic E-state index is -0.466. The van der Waals surface area contributed by atoms with E-state index in [1.165, 1.54) is 5.56 Å². The van der Waals surface area contributed by atoms with Gasteiger partial charge in [0.1, 0.15) is 11.9 Å². The van der Waals surface area contributed by atoms with E-state index in [-0.39, 0.29) is 13.5 Å². The number of aryl methyl sites for hydroxylation is 1. The fourth-order valence-corrected chi connectivity index (χ4v) is 2.21. The highest BCUT2D eigenvalue weighted by molar-refractivity contribution is 5.71. The summed E-state index contributed by atoms with van der Waals surface area (Å²) in [5.74, 6) is 1.01. The summed E-state index contributed by atoms with van der Waals surface area (Å²) in [7, 11) is 0. The van der Waals surface area contributed by atoms with E-state index < -0.39 is 6.03 Å². The summed E-state index contributed by atoms with van der Waals surface area (Å²) < 4.78 is 5.92. The number of carbonyl (C=O) groups excluding carboxylic acids is 1. The predicted molar refractivity (Wildman–Crippen MR) is 81.0 cm³/mol. The van der Waals surface area contributed by atoms with Crippen molar-refractivity contribution in [1.82, 2.24) is 10.6 Å². The van der Waals surface area contributed by atoms with E-state index in [0.29, 0.717) is 6.54 Å². The molecule has 0 fully saturated rings. The summed E-state index contributed by atoms with van der Waals surface area (Å²) in [4.78, 5) is 10.5. The highest BCUT2D eigenvalue weighted by atomic mass is 16.5. The van der Waals surface area contributed by atoms with Gasteiger partial charge in [-0.15, -0.1) is 0 Å². The van der Waals surface area contributed by atoms with Gasteiger partial charge in [-0.2, -0.15) is 0 Å². The topological polar surface area (TPSA) is 76.4 Å². The van der Waals surface area contributed by atoms with Crippen molar-refractivity contribution in [3.8, 4) is 5.75 Å². The van der Waals surface area contributed by atoms with E-state index in [9.17, 15) is 4.79 Å². The molecule has 0 saturated carbocycles. The van der Waals surface area contributed by atoms with Crippen LogP contribution in [0, 0.1) is 0 Å². The van der Waals surface area contributed by atoms with Gasteiger partial charge in [0.2, 0.25) is 0 Å². The van der Waals surface area contributed by atoms with Gasteiger partial charge in [0.05, 0.1) is 0 Å². The predicted octanol–water partition coefficient (Wildman–Crippen LogP) is 1.66. The molecule has 1 aromatic rings. The minimum Gasteiger partial charge on any atom is -0.489 e. The quantitative estimate of drug-likeness (QED) is 0.693. The smallest absolute Gasteiger partial charge is 0.312 e. The Bertz CT molecular complexity index is 423. The monoisotopic (exact) mass is 279 g/mol. The zero-order valence-corrected chi connectivity index (χ0v) is 11.0. The number of nitrogens with one attached hydrogen (secondary N) is 2. The standard InChI is InChI=1S/C14H21N3O2.CH4/c15-14(18)17-9-3-8-16-10-12-7-6-11-4-1-2-5-13(11)19-12;/h1-2,4-5,12,16H,3,6-10H2,(H3,15,17,18);1H4. The van der Waals surface area contributed by atoms with Crippen molar-refractivity contribution in [3.05, 3.63) is 29.8 Å². The lowest BCUT2D eigenvalue weighted by Crippen LogP contribution is -2.36. The number of amides is 2. The highest BCUT2D eigenvalue weighted by Gasteiger charge is 2.18. The Morgan fingerprint density at radius 1 is 1.35 bits per heavy atom. The molecule has 4 N–H and O–H groups in total. The molecule has 1 aromatic carbocycles. The third-order valence-corrected chi connectivity index (χ3v) is 3.20. The van der Waals surface area contributed by atoms with Gasteiger partial charge >= 0.3 is 6.03 Å². The van der Waals surface area contributed by atoms with Crippen LogP contribution in [0.2, 0.25) is 0 Å². The van der Waals surface area contributed by atoms with Crippen LogP contribution in [-0.4, -0.2) is 31.8 Å². The van der Waals surface area contributed by atoms with Crippen LogP contribution in [-0.2, 0) is 6.42 Å². The van der Waals surface area contributed by atoms with Gasteiger partial charge < -0.3 is 21.1 Å². The molecule has 1 aliphatic rings. The zero-order chi connectivity index (χ0) is 13.5. The second kappa shape index (κ2) is 8.43. The fourth-order valence-electron chi connectivity index (χ4n) is 2.21. The molecule has 5 nitrogen and oxygen atoms in total. The van der Waals surface area contributed by atoms with Crippen LogP contribution in [0.5, 0.6) is 5.75 Å². The molecule has 20 heavy (non-hydrogen) atoms. The lowest BCUT2D eigenvalue weighted by Gasteiger charge is -2.26. The number of ether oxygens (including phenoxy) is 1. The van der Waals surface area contributed by atoms with Crippen LogP contribution in [0.25, 0.3) is 0 Å². The summed E-state index contributed by atoms with van der Waals surface area (Å²) in [6.07, 6.45) is 3.22. The van der Waals surface area contributed by atoms with E-state index in [2.05, 4.69) is 16.7 Å². The number of nitrogens with two attached hydrogens (primary N) is 1. The molecule has 0 aromatic heterocycles. The number of primary amides is 1. The van der Waals surface area contributed by atoms with E-state index in [1.54, 1.807) is 0 Å². The Kier molecular flexibility index (Phi) is 6.87. The number of carbonyl (C=O) groups is 1. The summed E-state index contributed by atoms with van der Waals surface area (Å²) in [5, 5.41) is 5.91. The van der Waals surface area contributed by atoms with Gasteiger partial charge in [0, 0.05) is 13.1 Å². The van der Waals surface area contributed by atoms with Gasteiger partial charge in [0.25, 0.3) is 0 Å². The Morgan fingerprint density at radius 2 is 2.15 bits per heavy atom. The molecule has 0 radical (unpaired) electrons. The summed E-state index contributed by atoms with van der Waals surface area (Å²) in [6, 6.07) is 7.73. The third kappa shape index (κ3) is 5.09. The molecule has 112 valence electrons. The van der Waals surface area contributed by atoms with Crippen LogP contribution in [0.1, 0.15) is 25.8 Å². The lowest BCUT2D eigenvalue weighted by molar-refractivity contribution is 0.170. The summed E-state index contributed by atoms with van der Waals surface area (Å²) in [6.45, 7) is 2.30. The number of urea groups is 1. The van der Waals surface area contributed by atoms with Crippen LogP contribution in [0.4, 0.5) is 4.79 Å². The van der Waals surface area contributed by atoms with E-state index in [4.69, 9.17) is 10.5 Å². The third-order valence-electron chi connectivity index (χ3n) is 3.20. The number of para-hydroxylation sites is 1. The summed E-state index contributed by atoms with van der Waals surface area (Å²) >= 11 is 0. The molecule has 5 heteroatoms. The second-order valence-corrected chi connectivity index (χ2v) is 4.73. The molecule has 0 aliphatic carbocycles. The Hall–Kier alpha value is -1.75. The zero-order valence-electron chi connectivity index (χ0n) is 11.0. The number of rotatable bonds is 6. The number of hydrogen-bond donors (Lipinski definition) is 3. The van der Waals surface area contributed by atoms with Crippen LogP contribution in [0.3, 0.4) is 0 Å². The van der Waals surface area contributed by atoms with Gasteiger partial charge in [-0.1, -0.05) is 25.6 Å². The molecular formula is C15H25N3O2. The SMILES string of the molecule is C.NC(=O)NCCCNCC1CCc2ccccc2O1. The van der Waals surface area contributed by atoms with Crippen LogP contribution < -0.4 is 21.1 Å². The Balaban J connectivity index is 0.00000200. The Labute approximate surface area is 120 Å². The molecule has 2 amide bonds. The molecule has 1 heterocycles. The molecular weight excluding hydrogens is 254 g/mol. The van der Waals surface area contributed by atoms with Gasteiger partial charge in [0.15, 0.2) is 0 Å². The number of hydrogen-bond acceptors (Lipinski definition) is 3. The summed E-state index contributed by atoms with van der Waals surface area (Å²) in [5.41, 5.74) is 6.27. The molecule has 1 unspecified atom stereocenters. The van der Waals surface area contributed by atoms with Crippen molar-refractivity contribution < 1.29 is 9.53 Å². The molecule has 2 rings (SSSR count). The highest BCUT2D eigenvalue weighted by Crippen LogP contribution is 2.26. The second-order valence-electron chi connectivity index (χ2n) is 4.73.